The summed E-state index contributed by atoms with van der Waals surface area (Å²) in [6.45, 7) is 7.92. The van der Waals surface area contributed by atoms with Crippen molar-refractivity contribution in [3.05, 3.63) is 33.8 Å². The van der Waals surface area contributed by atoms with Crippen molar-refractivity contribution in [2.45, 2.75) is 64.3 Å². The Kier molecular flexibility index (Phi) is 6.42. The third-order valence-electron chi connectivity index (χ3n) is 7.91. The van der Waals surface area contributed by atoms with Crippen LogP contribution in [-0.4, -0.2) is 89.6 Å². The number of rotatable bonds is 3. The molecule has 186 valence electrons. The smallest absolute Gasteiger partial charge is 0.407 e. The summed E-state index contributed by atoms with van der Waals surface area (Å²) < 4.78 is 11.6. The summed E-state index contributed by atoms with van der Waals surface area (Å²) in [5.41, 5.74) is 3.04. The Labute approximate surface area is 205 Å². The van der Waals surface area contributed by atoms with E-state index >= 15 is 0 Å². The molecular formula is C25H34ClN3O5. The fourth-order valence-electron chi connectivity index (χ4n) is 6.09. The molecule has 3 fully saturated rings. The van der Waals surface area contributed by atoms with Gasteiger partial charge in [0.25, 0.3) is 0 Å². The number of urea groups is 1. The van der Waals surface area contributed by atoms with E-state index in [-0.39, 0.29) is 29.7 Å². The van der Waals surface area contributed by atoms with E-state index in [1.807, 2.05) is 21.9 Å². The number of carbonyl (C=O) groups excluding carboxylic acids is 1. The van der Waals surface area contributed by atoms with Crippen molar-refractivity contribution in [1.82, 2.24) is 14.7 Å². The summed E-state index contributed by atoms with van der Waals surface area (Å²) in [5.74, 6) is 0. The molecule has 0 aromatic heterocycles. The molecule has 8 nitrogen and oxygen atoms in total. The summed E-state index contributed by atoms with van der Waals surface area (Å²) >= 11 is 6.50. The van der Waals surface area contributed by atoms with Crippen LogP contribution in [0, 0.1) is 5.41 Å². The largest absolute Gasteiger partial charge is 0.465 e. The monoisotopic (exact) mass is 491 g/mol. The lowest BCUT2D eigenvalue weighted by atomic mass is 9.76. The number of likely N-dealkylation sites (tertiary alicyclic amines) is 1. The Hall–Kier alpha value is -2.03. The van der Waals surface area contributed by atoms with E-state index in [0.29, 0.717) is 57.4 Å². The molecule has 34 heavy (non-hydrogen) atoms. The number of fused-ring (bicyclic) bond motifs is 3. The highest BCUT2D eigenvalue weighted by Gasteiger charge is 2.41. The van der Waals surface area contributed by atoms with Gasteiger partial charge in [-0.1, -0.05) is 25.4 Å². The van der Waals surface area contributed by atoms with E-state index in [4.69, 9.17) is 21.1 Å². The Morgan fingerprint density at radius 3 is 2.59 bits per heavy atom. The molecule has 1 aromatic rings. The molecule has 0 spiro atoms. The van der Waals surface area contributed by atoms with Crippen LogP contribution in [0.4, 0.5) is 9.59 Å². The van der Waals surface area contributed by atoms with Gasteiger partial charge in [0.1, 0.15) is 0 Å². The van der Waals surface area contributed by atoms with Gasteiger partial charge in [-0.3, -0.25) is 0 Å². The van der Waals surface area contributed by atoms with Crippen LogP contribution in [0.25, 0.3) is 0 Å². The number of morpholine rings is 2. The average molecular weight is 492 g/mol. The lowest BCUT2D eigenvalue weighted by Crippen LogP contribution is -2.55. The lowest BCUT2D eigenvalue weighted by molar-refractivity contribution is -0.0420. The third-order valence-corrected chi connectivity index (χ3v) is 8.12. The molecular weight excluding hydrogens is 458 g/mol. The van der Waals surface area contributed by atoms with Crippen LogP contribution in [-0.2, 0) is 28.9 Å². The number of carboxylic acid groups (broad SMARTS) is 1. The number of hydrogen-bond acceptors (Lipinski definition) is 4. The van der Waals surface area contributed by atoms with E-state index in [1.54, 1.807) is 0 Å². The second kappa shape index (κ2) is 9.21. The molecule has 4 aliphatic heterocycles. The Balaban J connectivity index is 1.36. The highest BCUT2D eigenvalue weighted by molar-refractivity contribution is 6.30. The van der Waals surface area contributed by atoms with Crippen LogP contribution in [0.15, 0.2) is 12.1 Å². The zero-order chi connectivity index (χ0) is 24.0. The van der Waals surface area contributed by atoms with Crippen molar-refractivity contribution in [3.8, 4) is 0 Å². The maximum Gasteiger partial charge on any atom is 0.407 e. The molecule has 5 rings (SSSR count). The SMILES string of the molecule is CC(C)(Cc1cc(Cl)cc2c1CN(C(=O)N1CC3CCC(C1)O3)CC2)[C@@H]1COCCN1C(=O)O. The molecule has 2 bridgehead atoms. The van der Waals surface area contributed by atoms with Crippen molar-refractivity contribution >= 4 is 23.7 Å². The summed E-state index contributed by atoms with van der Waals surface area (Å²) in [7, 11) is 0. The molecule has 1 aromatic carbocycles. The number of amides is 3. The van der Waals surface area contributed by atoms with E-state index in [0.717, 1.165) is 30.4 Å². The fraction of sp³-hybridized carbons (Fsp3) is 0.680. The van der Waals surface area contributed by atoms with Crippen LogP contribution in [0.1, 0.15) is 43.4 Å². The third kappa shape index (κ3) is 4.60. The minimum atomic E-state index is -0.911. The lowest BCUT2D eigenvalue weighted by Gasteiger charge is -2.44. The minimum absolute atomic E-state index is 0.0868. The zero-order valence-electron chi connectivity index (χ0n) is 20.0. The summed E-state index contributed by atoms with van der Waals surface area (Å²) in [6, 6.07) is 3.83. The molecule has 3 amide bonds. The molecule has 4 heterocycles. The topological polar surface area (TPSA) is 82.6 Å². The second-order valence-electron chi connectivity index (χ2n) is 10.8. The normalized spacial score (nSPS) is 27.0. The highest BCUT2D eigenvalue weighted by Crippen LogP contribution is 2.36. The second-order valence-corrected chi connectivity index (χ2v) is 11.2. The molecule has 3 atom stereocenters. The number of nitrogens with zero attached hydrogens (tertiary/aromatic N) is 3. The molecule has 0 aliphatic carbocycles. The highest BCUT2D eigenvalue weighted by atomic mass is 35.5. The van der Waals surface area contributed by atoms with Gasteiger partial charge < -0.3 is 29.3 Å². The van der Waals surface area contributed by atoms with E-state index in [9.17, 15) is 14.7 Å². The van der Waals surface area contributed by atoms with Crippen molar-refractivity contribution < 1.29 is 24.2 Å². The van der Waals surface area contributed by atoms with E-state index in [2.05, 4.69) is 13.8 Å². The van der Waals surface area contributed by atoms with Crippen LogP contribution >= 0.6 is 11.6 Å². The molecule has 1 N–H and O–H groups in total. The van der Waals surface area contributed by atoms with Crippen molar-refractivity contribution in [1.29, 1.82) is 0 Å². The predicted molar refractivity (Wildman–Crippen MR) is 127 cm³/mol. The Morgan fingerprint density at radius 2 is 1.88 bits per heavy atom. The first-order valence-corrected chi connectivity index (χ1v) is 12.7. The quantitative estimate of drug-likeness (QED) is 0.698. The molecule has 3 saturated heterocycles. The number of ether oxygens (including phenoxy) is 2. The van der Waals surface area contributed by atoms with Gasteiger partial charge in [0.2, 0.25) is 0 Å². The van der Waals surface area contributed by atoms with Gasteiger partial charge in [-0.15, -0.1) is 0 Å². The molecule has 2 unspecified atom stereocenters. The zero-order valence-corrected chi connectivity index (χ0v) is 20.7. The van der Waals surface area contributed by atoms with Gasteiger partial charge in [-0.2, -0.15) is 0 Å². The standard InChI is InChI=1S/C25H34ClN3O5/c1-25(2,22-15-33-8-7-29(22)24(31)32)11-17-10-18(26)9-16-5-6-27(14-21(16)17)23(30)28-12-19-3-4-20(13-28)34-19/h9-10,19-20,22H,3-8,11-15H2,1-2H3,(H,31,32)/t19?,20?,22-/m0/s1. The molecule has 4 aliphatic rings. The summed E-state index contributed by atoms with van der Waals surface area (Å²) in [5, 5.41) is 10.4. The number of halogens is 1. The number of carbonyl (C=O) groups is 2. The average Bonchev–Trinajstić information content (AvgIpc) is 3.15. The van der Waals surface area contributed by atoms with Crippen molar-refractivity contribution in [3.63, 3.8) is 0 Å². The fourth-order valence-corrected chi connectivity index (χ4v) is 6.35. The van der Waals surface area contributed by atoms with Gasteiger partial charge >= 0.3 is 12.1 Å². The maximum atomic E-state index is 13.4. The van der Waals surface area contributed by atoms with Gasteiger partial charge in [-0.25, -0.2) is 9.59 Å². The first-order chi connectivity index (χ1) is 16.2. The van der Waals surface area contributed by atoms with Crippen molar-refractivity contribution in [2.75, 3.05) is 39.4 Å². The molecule has 9 heteroatoms. The van der Waals surface area contributed by atoms with Gasteiger partial charge in [-0.05, 0) is 59.9 Å². The summed E-state index contributed by atoms with van der Waals surface area (Å²) in [4.78, 5) is 30.7. The molecule has 0 radical (unpaired) electrons. The Bertz CT molecular complexity index is 958. The first-order valence-electron chi connectivity index (χ1n) is 12.3. The van der Waals surface area contributed by atoms with E-state index < -0.39 is 6.09 Å². The van der Waals surface area contributed by atoms with Gasteiger partial charge in [0.05, 0.1) is 31.5 Å². The number of benzene rings is 1. The van der Waals surface area contributed by atoms with Crippen LogP contribution in [0.3, 0.4) is 0 Å². The molecule has 0 saturated carbocycles. The summed E-state index contributed by atoms with van der Waals surface area (Å²) in [6.07, 6.45) is 2.92. The first kappa shape index (κ1) is 23.7. The van der Waals surface area contributed by atoms with Crippen LogP contribution in [0.5, 0.6) is 0 Å². The van der Waals surface area contributed by atoms with Crippen molar-refractivity contribution in [2.24, 2.45) is 5.41 Å². The maximum absolute atomic E-state index is 13.4. The number of hydrogen-bond donors (Lipinski definition) is 1. The Morgan fingerprint density at radius 1 is 1.15 bits per heavy atom. The van der Waals surface area contributed by atoms with Crippen LogP contribution in [0.2, 0.25) is 5.02 Å². The minimum Gasteiger partial charge on any atom is -0.465 e. The predicted octanol–water partition coefficient (Wildman–Crippen LogP) is 3.63. The van der Waals surface area contributed by atoms with E-state index in [1.165, 1.54) is 10.5 Å². The van der Waals surface area contributed by atoms with Gasteiger partial charge in [0.15, 0.2) is 0 Å². The van der Waals surface area contributed by atoms with Crippen LogP contribution < -0.4 is 0 Å². The van der Waals surface area contributed by atoms with Gasteiger partial charge in [0, 0.05) is 37.7 Å².